The predicted molar refractivity (Wildman–Crippen MR) is 77.9 cm³/mol. The van der Waals surface area contributed by atoms with E-state index in [4.69, 9.17) is 4.42 Å². The molecule has 1 aliphatic carbocycles. The number of fused-ring (bicyclic) bond motifs is 1. The van der Waals surface area contributed by atoms with Gasteiger partial charge in [-0.15, -0.1) is 0 Å². The SMILES string of the molecule is O=C(C1CC1)N1CCCN(c2nc3ncccc3o2)CC1. The van der Waals surface area contributed by atoms with Gasteiger partial charge < -0.3 is 14.2 Å². The highest BCUT2D eigenvalue weighted by atomic mass is 16.4. The fourth-order valence-corrected chi connectivity index (χ4v) is 2.81. The minimum absolute atomic E-state index is 0.296. The first-order valence-electron chi connectivity index (χ1n) is 7.56. The van der Waals surface area contributed by atoms with E-state index in [1.165, 1.54) is 0 Å². The fraction of sp³-hybridized carbons (Fsp3) is 0.533. The zero-order valence-corrected chi connectivity index (χ0v) is 11.9. The van der Waals surface area contributed by atoms with Crippen LogP contribution in [0.2, 0.25) is 0 Å². The zero-order valence-electron chi connectivity index (χ0n) is 11.9. The third kappa shape index (κ3) is 2.46. The maximum Gasteiger partial charge on any atom is 0.300 e. The second-order valence-electron chi connectivity index (χ2n) is 5.76. The van der Waals surface area contributed by atoms with Gasteiger partial charge in [-0.25, -0.2) is 4.98 Å². The second-order valence-corrected chi connectivity index (χ2v) is 5.76. The average molecular weight is 286 g/mol. The van der Waals surface area contributed by atoms with Crippen molar-refractivity contribution in [2.75, 3.05) is 31.1 Å². The molecule has 2 aromatic rings. The van der Waals surface area contributed by atoms with Gasteiger partial charge in [-0.2, -0.15) is 4.98 Å². The molecule has 4 rings (SSSR count). The molecule has 3 heterocycles. The van der Waals surface area contributed by atoms with E-state index in [0.717, 1.165) is 45.4 Å². The van der Waals surface area contributed by atoms with Crippen molar-refractivity contribution in [2.24, 2.45) is 5.92 Å². The Morgan fingerprint density at radius 1 is 1.24 bits per heavy atom. The van der Waals surface area contributed by atoms with Crippen LogP contribution in [-0.2, 0) is 4.79 Å². The van der Waals surface area contributed by atoms with Crippen molar-refractivity contribution in [1.29, 1.82) is 0 Å². The van der Waals surface area contributed by atoms with Crippen molar-refractivity contribution in [1.82, 2.24) is 14.9 Å². The Labute approximate surface area is 122 Å². The Bertz CT molecular complexity index is 631. The summed E-state index contributed by atoms with van der Waals surface area (Å²) in [6.45, 7) is 3.22. The lowest BCUT2D eigenvalue weighted by molar-refractivity contribution is -0.132. The third-order valence-corrected chi connectivity index (χ3v) is 4.16. The lowest BCUT2D eigenvalue weighted by atomic mass is 10.3. The van der Waals surface area contributed by atoms with E-state index in [1.807, 2.05) is 17.0 Å². The van der Waals surface area contributed by atoms with Crippen LogP contribution in [0.3, 0.4) is 0 Å². The van der Waals surface area contributed by atoms with Crippen molar-refractivity contribution >= 4 is 23.2 Å². The van der Waals surface area contributed by atoms with Crippen molar-refractivity contribution in [3.8, 4) is 0 Å². The Morgan fingerprint density at radius 3 is 2.95 bits per heavy atom. The Hall–Kier alpha value is -2.11. The summed E-state index contributed by atoms with van der Waals surface area (Å²) in [4.78, 5) is 24.9. The highest BCUT2D eigenvalue weighted by Crippen LogP contribution is 2.31. The molecule has 0 radical (unpaired) electrons. The number of carbonyl (C=O) groups excluding carboxylic acids is 1. The number of anilines is 1. The van der Waals surface area contributed by atoms with E-state index in [0.29, 0.717) is 29.1 Å². The van der Waals surface area contributed by atoms with Gasteiger partial charge in [-0.1, -0.05) is 0 Å². The molecule has 0 N–H and O–H groups in total. The van der Waals surface area contributed by atoms with Crippen LogP contribution >= 0.6 is 0 Å². The standard InChI is InChI=1S/C15H18N4O2/c20-14(11-4-5-11)18-7-2-8-19(10-9-18)15-17-13-12(21-15)3-1-6-16-13/h1,3,6,11H,2,4-5,7-10H2. The molecule has 1 amide bonds. The summed E-state index contributed by atoms with van der Waals surface area (Å²) in [6.07, 6.45) is 4.80. The molecule has 6 heteroatoms. The normalized spacial score (nSPS) is 19.8. The molecule has 0 aromatic carbocycles. The maximum absolute atomic E-state index is 12.2. The van der Waals surface area contributed by atoms with Crippen LogP contribution in [0.4, 0.5) is 6.01 Å². The van der Waals surface area contributed by atoms with E-state index in [2.05, 4.69) is 14.9 Å². The maximum atomic E-state index is 12.2. The van der Waals surface area contributed by atoms with Crippen LogP contribution in [0.15, 0.2) is 22.7 Å². The van der Waals surface area contributed by atoms with E-state index in [9.17, 15) is 4.79 Å². The van der Waals surface area contributed by atoms with Gasteiger partial charge in [0.2, 0.25) is 11.6 Å². The zero-order chi connectivity index (χ0) is 14.2. The van der Waals surface area contributed by atoms with Gasteiger partial charge in [0.1, 0.15) is 0 Å². The van der Waals surface area contributed by atoms with Crippen LogP contribution in [0.1, 0.15) is 19.3 Å². The third-order valence-electron chi connectivity index (χ3n) is 4.16. The molecule has 1 saturated carbocycles. The molecule has 0 spiro atoms. The van der Waals surface area contributed by atoms with E-state index >= 15 is 0 Å². The monoisotopic (exact) mass is 286 g/mol. The Kier molecular flexibility index (Phi) is 3.02. The topological polar surface area (TPSA) is 62.5 Å². The molecule has 0 unspecified atom stereocenters. The second kappa shape index (κ2) is 5.02. The molecule has 1 aliphatic heterocycles. The van der Waals surface area contributed by atoms with Gasteiger partial charge in [0.25, 0.3) is 6.01 Å². The van der Waals surface area contributed by atoms with Crippen LogP contribution in [0.25, 0.3) is 11.2 Å². The number of hydrogen-bond donors (Lipinski definition) is 0. The van der Waals surface area contributed by atoms with Crippen LogP contribution in [0, 0.1) is 5.92 Å². The Balaban J connectivity index is 1.49. The molecule has 2 aromatic heterocycles. The van der Waals surface area contributed by atoms with Crippen LogP contribution in [-0.4, -0.2) is 47.0 Å². The van der Waals surface area contributed by atoms with Crippen molar-refractivity contribution < 1.29 is 9.21 Å². The van der Waals surface area contributed by atoms with Gasteiger partial charge in [0.15, 0.2) is 5.58 Å². The molecule has 21 heavy (non-hydrogen) atoms. The van der Waals surface area contributed by atoms with Crippen molar-refractivity contribution in [3.63, 3.8) is 0 Å². The molecular weight excluding hydrogens is 268 g/mol. The van der Waals surface area contributed by atoms with Crippen molar-refractivity contribution in [3.05, 3.63) is 18.3 Å². The number of nitrogens with zero attached hydrogens (tertiary/aromatic N) is 4. The summed E-state index contributed by atoms with van der Waals surface area (Å²) >= 11 is 0. The van der Waals surface area contributed by atoms with E-state index < -0.39 is 0 Å². The summed E-state index contributed by atoms with van der Waals surface area (Å²) in [7, 11) is 0. The summed E-state index contributed by atoms with van der Waals surface area (Å²) < 4.78 is 5.77. The van der Waals surface area contributed by atoms with Gasteiger partial charge in [-0.05, 0) is 31.4 Å². The van der Waals surface area contributed by atoms with Gasteiger partial charge in [-0.3, -0.25) is 4.79 Å². The number of carbonyl (C=O) groups is 1. The Morgan fingerprint density at radius 2 is 2.14 bits per heavy atom. The lowest BCUT2D eigenvalue weighted by Gasteiger charge is -2.21. The minimum atomic E-state index is 0.296. The summed E-state index contributed by atoms with van der Waals surface area (Å²) in [5.41, 5.74) is 1.35. The fourth-order valence-electron chi connectivity index (χ4n) is 2.81. The largest absolute Gasteiger partial charge is 0.422 e. The highest BCUT2D eigenvalue weighted by molar-refractivity contribution is 5.81. The minimum Gasteiger partial charge on any atom is -0.422 e. The van der Waals surface area contributed by atoms with Gasteiger partial charge in [0, 0.05) is 38.3 Å². The molecule has 2 fully saturated rings. The first-order chi connectivity index (χ1) is 10.3. The summed E-state index contributed by atoms with van der Waals surface area (Å²) in [5, 5.41) is 0. The molecule has 6 nitrogen and oxygen atoms in total. The lowest BCUT2D eigenvalue weighted by Crippen LogP contribution is -2.36. The van der Waals surface area contributed by atoms with E-state index in [-0.39, 0.29) is 0 Å². The van der Waals surface area contributed by atoms with Crippen LogP contribution in [0.5, 0.6) is 0 Å². The number of aromatic nitrogens is 2. The number of amides is 1. The average Bonchev–Trinajstić information content (AvgIpc) is 3.29. The van der Waals surface area contributed by atoms with Crippen molar-refractivity contribution in [2.45, 2.75) is 19.3 Å². The molecule has 110 valence electrons. The number of pyridine rings is 1. The molecular formula is C15H18N4O2. The smallest absolute Gasteiger partial charge is 0.300 e. The molecule has 1 saturated heterocycles. The molecule has 0 atom stereocenters. The van der Waals surface area contributed by atoms with E-state index in [1.54, 1.807) is 6.20 Å². The number of rotatable bonds is 2. The summed E-state index contributed by atoms with van der Waals surface area (Å²) in [6, 6.07) is 4.33. The highest BCUT2D eigenvalue weighted by Gasteiger charge is 2.34. The first kappa shape index (κ1) is 12.6. The van der Waals surface area contributed by atoms with Gasteiger partial charge >= 0.3 is 0 Å². The number of hydrogen-bond acceptors (Lipinski definition) is 5. The predicted octanol–water partition coefficient (Wildman–Crippen LogP) is 1.67. The molecule has 0 bridgehead atoms. The molecule has 2 aliphatic rings. The van der Waals surface area contributed by atoms with Crippen LogP contribution < -0.4 is 4.90 Å². The summed E-state index contributed by atoms with van der Waals surface area (Å²) in [5.74, 6) is 0.626. The number of oxazole rings is 1. The first-order valence-corrected chi connectivity index (χ1v) is 7.56. The van der Waals surface area contributed by atoms with Gasteiger partial charge in [0.05, 0.1) is 0 Å². The quantitative estimate of drug-likeness (QED) is 0.840.